The Hall–Kier alpha value is -1.91. The van der Waals surface area contributed by atoms with Crippen LogP contribution in [0, 0.1) is 23.6 Å². The van der Waals surface area contributed by atoms with Crippen molar-refractivity contribution in [1.82, 2.24) is 5.32 Å². The van der Waals surface area contributed by atoms with Crippen molar-refractivity contribution in [1.29, 1.82) is 0 Å². The minimum Gasteiger partial charge on any atom is -0.344 e. The van der Waals surface area contributed by atoms with Crippen LogP contribution in [0.4, 0.5) is 10.1 Å². The van der Waals surface area contributed by atoms with Crippen LogP contribution in [0.1, 0.15) is 52.9 Å². The molecule has 25 heavy (non-hydrogen) atoms. The third-order valence-electron chi connectivity index (χ3n) is 5.31. The molecule has 0 saturated heterocycles. The van der Waals surface area contributed by atoms with E-state index in [-0.39, 0.29) is 29.3 Å². The fourth-order valence-electron chi connectivity index (χ4n) is 3.27. The number of carbonyl (C=O) groups is 2. The molecule has 4 nitrogen and oxygen atoms in total. The fourth-order valence-corrected chi connectivity index (χ4v) is 3.27. The Morgan fingerprint density at radius 3 is 2.44 bits per heavy atom. The lowest BCUT2D eigenvalue weighted by Gasteiger charge is -2.29. The Morgan fingerprint density at radius 1 is 1.20 bits per heavy atom. The molecule has 1 saturated carbocycles. The number of amides is 2. The van der Waals surface area contributed by atoms with E-state index in [1.807, 2.05) is 13.8 Å². The summed E-state index contributed by atoms with van der Waals surface area (Å²) in [7, 11) is 0. The molecule has 1 fully saturated rings. The molecule has 0 spiro atoms. The smallest absolute Gasteiger partial charge is 0.247 e. The maximum absolute atomic E-state index is 13.8. The molecule has 0 radical (unpaired) electrons. The molecule has 0 aromatic heterocycles. The zero-order valence-corrected chi connectivity index (χ0v) is 15.3. The van der Waals surface area contributed by atoms with E-state index >= 15 is 0 Å². The third-order valence-corrected chi connectivity index (χ3v) is 5.31. The summed E-state index contributed by atoms with van der Waals surface area (Å²) in [4.78, 5) is 25.2. The summed E-state index contributed by atoms with van der Waals surface area (Å²) in [6.45, 7) is 6.11. The summed E-state index contributed by atoms with van der Waals surface area (Å²) in [6, 6.07) is 5.40. The molecule has 138 valence electrons. The highest BCUT2D eigenvalue weighted by atomic mass is 19.1. The van der Waals surface area contributed by atoms with Crippen molar-refractivity contribution < 1.29 is 14.0 Å². The van der Waals surface area contributed by atoms with E-state index in [2.05, 4.69) is 17.6 Å². The van der Waals surface area contributed by atoms with E-state index < -0.39 is 11.9 Å². The Balaban J connectivity index is 2.04. The summed E-state index contributed by atoms with van der Waals surface area (Å²) in [6.07, 6.45) is 4.59. The van der Waals surface area contributed by atoms with Crippen LogP contribution in [0.2, 0.25) is 0 Å². The van der Waals surface area contributed by atoms with Crippen molar-refractivity contribution in [2.75, 3.05) is 5.32 Å². The molecule has 2 amide bonds. The van der Waals surface area contributed by atoms with Crippen molar-refractivity contribution in [2.45, 2.75) is 58.9 Å². The number of halogens is 1. The lowest BCUT2D eigenvalue weighted by Crippen LogP contribution is -2.49. The number of hydrogen-bond acceptors (Lipinski definition) is 2. The highest BCUT2D eigenvalue weighted by Crippen LogP contribution is 2.28. The lowest BCUT2D eigenvalue weighted by molar-refractivity contribution is -0.131. The average Bonchev–Trinajstić information content (AvgIpc) is 2.61. The number of nitrogens with one attached hydrogen (secondary N) is 2. The van der Waals surface area contributed by atoms with Crippen molar-refractivity contribution in [3.8, 4) is 0 Å². The van der Waals surface area contributed by atoms with Gasteiger partial charge in [0.2, 0.25) is 11.8 Å². The van der Waals surface area contributed by atoms with Crippen molar-refractivity contribution in [3.05, 3.63) is 30.1 Å². The predicted octanol–water partition coefficient (Wildman–Crippen LogP) is 4.12. The molecule has 2 atom stereocenters. The van der Waals surface area contributed by atoms with Gasteiger partial charge in [0.15, 0.2) is 0 Å². The Labute approximate surface area is 149 Å². The number of para-hydroxylation sites is 1. The van der Waals surface area contributed by atoms with Crippen molar-refractivity contribution >= 4 is 17.5 Å². The van der Waals surface area contributed by atoms with E-state index in [0.717, 1.165) is 32.1 Å². The molecule has 1 aromatic rings. The number of carbonyl (C=O) groups excluding carboxylic acids is 2. The number of hydrogen-bond donors (Lipinski definition) is 2. The van der Waals surface area contributed by atoms with Crippen LogP contribution in [0.3, 0.4) is 0 Å². The van der Waals surface area contributed by atoms with Gasteiger partial charge in [-0.1, -0.05) is 39.3 Å². The van der Waals surface area contributed by atoms with Gasteiger partial charge in [-0.3, -0.25) is 9.59 Å². The molecule has 1 aliphatic carbocycles. The molecule has 2 N–H and O–H groups in total. The first kappa shape index (κ1) is 19.4. The molecule has 1 aromatic carbocycles. The van der Waals surface area contributed by atoms with Gasteiger partial charge >= 0.3 is 0 Å². The van der Waals surface area contributed by atoms with Gasteiger partial charge in [0.1, 0.15) is 11.9 Å². The average molecular weight is 348 g/mol. The molecule has 0 aliphatic heterocycles. The van der Waals surface area contributed by atoms with E-state index in [1.165, 1.54) is 12.1 Å². The van der Waals surface area contributed by atoms with Crippen LogP contribution >= 0.6 is 0 Å². The second-order valence-electron chi connectivity index (χ2n) is 7.30. The zero-order chi connectivity index (χ0) is 18.4. The maximum atomic E-state index is 13.8. The second-order valence-corrected chi connectivity index (χ2v) is 7.30. The van der Waals surface area contributed by atoms with Gasteiger partial charge in [-0.25, -0.2) is 4.39 Å². The first-order chi connectivity index (χ1) is 11.9. The molecule has 0 unspecified atom stereocenters. The highest BCUT2D eigenvalue weighted by Gasteiger charge is 2.31. The molecule has 0 bridgehead atoms. The molecule has 5 heteroatoms. The summed E-state index contributed by atoms with van der Waals surface area (Å²) >= 11 is 0. The van der Waals surface area contributed by atoms with Crippen LogP contribution in [-0.4, -0.2) is 17.9 Å². The highest BCUT2D eigenvalue weighted by molar-refractivity contribution is 5.97. The first-order valence-electron chi connectivity index (χ1n) is 9.28. The van der Waals surface area contributed by atoms with Gasteiger partial charge in [0.05, 0.1) is 5.69 Å². The monoisotopic (exact) mass is 348 g/mol. The summed E-state index contributed by atoms with van der Waals surface area (Å²) in [5.74, 6) is -0.287. The van der Waals surface area contributed by atoms with E-state index in [4.69, 9.17) is 0 Å². The molecular weight excluding hydrogens is 319 g/mol. The number of rotatable bonds is 6. The lowest BCUT2D eigenvalue weighted by atomic mass is 9.82. The van der Waals surface area contributed by atoms with Gasteiger partial charge in [0, 0.05) is 5.92 Å². The largest absolute Gasteiger partial charge is 0.344 e. The van der Waals surface area contributed by atoms with Crippen molar-refractivity contribution in [2.24, 2.45) is 17.8 Å². The van der Waals surface area contributed by atoms with E-state index in [0.29, 0.717) is 5.92 Å². The minimum atomic E-state index is -0.656. The Kier molecular flexibility index (Phi) is 6.97. The summed E-state index contributed by atoms with van der Waals surface area (Å²) in [5.41, 5.74) is 0.140. The van der Waals surface area contributed by atoms with Gasteiger partial charge in [-0.2, -0.15) is 0 Å². The van der Waals surface area contributed by atoms with E-state index in [9.17, 15) is 14.0 Å². The van der Waals surface area contributed by atoms with Gasteiger partial charge in [0.25, 0.3) is 0 Å². The fraction of sp³-hybridized carbons (Fsp3) is 0.600. The maximum Gasteiger partial charge on any atom is 0.247 e. The van der Waals surface area contributed by atoms with Crippen LogP contribution in [0.25, 0.3) is 0 Å². The summed E-state index contributed by atoms with van der Waals surface area (Å²) in [5, 5.41) is 5.53. The molecular formula is C20H29FN2O2. The normalized spacial score (nSPS) is 22.7. The van der Waals surface area contributed by atoms with Crippen molar-refractivity contribution in [3.63, 3.8) is 0 Å². The van der Waals surface area contributed by atoms with Crippen LogP contribution in [0.15, 0.2) is 24.3 Å². The number of benzene rings is 1. The Bertz CT molecular complexity index is 597. The van der Waals surface area contributed by atoms with Crippen LogP contribution < -0.4 is 10.6 Å². The topological polar surface area (TPSA) is 58.2 Å². The quantitative estimate of drug-likeness (QED) is 0.812. The molecule has 1 aliphatic rings. The third kappa shape index (κ3) is 5.28. The van der Waals surface area contributed by atoms with Gasteiger partial charge in [-0.15, -0.1) is 0 Å². The van der Waals surface area contributed by atoms with Gasteiger partial charge < -0.3 is 10.6 Å². The standard InChI is InChI=1S/C20H29FN2O2/c1-4-14(3)18(20(25)22-17-8-6-5-7-16(17)21)23-19(24)15-11-9-13(2)10-12-15/h5-8,13-15,18H,4,9-12H2,1-3H3,(H,22,25)(H,23,24)/t13?,14-,15?,18+/m0/s1. The second kappa shape index (κ2) is 8.97. The SMILES string of the molecule is CC[C@H](C)[C@@H](NC(=O)C1CCC(C)CC1)C(=O)Nc1ccccc1F. The van der Waals surface area contributed by atoms with E-state index in [1.54, 1.807) is 12.1 Å². The van der Waals surface area contributed by atoms with Gasteiger partial charge in [-0.05, 0) is 49.7 Å². The van der Waals surface area contributed by atoms with Crippen LogP contribution in [-0.2, 0) is 9.59 Å². The predicted molar refractivity (Wildman–Crippen MR) is 97.5 cm³/mol. The summed E-state index contributed by atoms with van der Waals surface area (Å²) < 4.78 is 13.8. The Morgan fingerprint density at radius 2 is 1.84 bits per heavy atom. The zero-order valence-electron chi connectivity index (χ0n) is 15.3. The molecule has 2 rings (SSSR count). The number of anilines is 1. The molecule has 0 heterocycles. The van der Waals surface area contributed by atoms with Crippen LogP contribution in [0.5, 0.6) is 0 Å². The minimum absolute atomic E-state index is 0.0241. The first-order valence-corrected chi connectivity index (χ1v) is 9.28.